The largest absolute Gasteiger partial charge is 0.394 e. The van der Waals surface area contributed by atoms with Crippen molar-refractivity contribution in [1.82, 2.24) is 5.32 Å². The van der Waals surface area contributed by atoms with Crippen LogP contribution in [0.25, 0.3) is 0 Å². The number of hydrogen-bond acceptors (Lipinski definition) is 3. The summed E-state index contributed by atoms with van der Waals surface area (Å²) in [5, 5.41) is 13.0. The molecule has 2 aliphatic rings. The summed E-state index contributed by atoms with van der Waals surface area (Å²) in [5.41, 5.74) is 2.72. The molecule has 3 rings (SSSR count). The fourth-order valence-corrected chi connectivity index (χ4v) is 3.41. The summed E-state index contributed by atoms with van der Waals surface area (Å²) < 4.78 is 0. The van der Waals surface area contributed by atoms with Gasteiger partial charge >= 0.3 is 0 Å². The Morgan fingerprint density at radius 2 is 2.29 bits per heavy atom. The normalized spacial score (nSPS) is 21.0. The second-order valence-corrected chi connectivity index (χ2v) is 6.13. The molecule has 1 aliphatic heterocycles. The lowest BCUT2D eigenvalue weighted by atomic mass is 10.0. The van der Waals surface area contributed by atoms with Gasteiger partial charge in [-0.05, 0) is 48.6 Å². The van der Waals surface area contributed by atoms with Gasteiger partial charge < -0.3 is 10.4 Å². The Bertz CT molecular complexity index is 403. The molecule has 1 aliphatic carbocycles. The minimum atomic E-state index is 0.125. The van der Waals surface area contributed by atoms with Gasteiger partial charge in [0.05, 0.1) is 12.6 Å². The SMILES string of the molecule is OCC(NC1CC1)c1ccc2c(c1)CCCS2. The molecule has 1 heterocycles. The first-order valence-electron chi connectivity index (χ1n) is 6.49. The van der Waals surface area contributed by atoms with Gasteiger partial charge in [-0.1, -0.05) is 12.1 Å². The van der Waals surface area contributed by atoms with E-state index in [-0.39, 0.29) is 12.6 Å². The van der Waals surface area contributed by atoms with Crippen LogP contribution >= 0.6 is 11.8 Å². The first-order chi connectivity index (χ1) is 8.36. The van der Waals surface area contributed by atoms with Crippen LogP contribution in [-0.4, -0.2) is 23.5 Å². The molecule has 1 unspecified atom stereocenters. The number of thioether (sulfide) groups is 1. The Morgan fingerprint density at radius 3 is 3.06 bits per heavy atom. The highest BCUT2D eigenvalue weighted by atomic mass is 32.2. The zero-order chi connectivity index (χ0) is 11.7. The van der Waals surface area contributed by atoms with Crippen LogP contribution in [-0.2, 0) is 6.42 Å². The molecule has 1 saturated carbocycles. The molecule has 2 nitrogen and oxygen atoms in total. The highest BCUT2D eigenvalue weighted by molar-refractivity contribution is 7.99. The predicted octanol–water partition coefficient (Wildman–Crippen LogP) is 2.51. The highest BCUT2D eigenvalue weighted by Crippen LogP contribution is 2.32. The van der Waals surface area contributed by atoms with Gasteiger partial charge in [0, 0.05) is 10.9 Å². The number of rotatable bonds is 4. The van der Waals surface area contributed by atoms with E-state index in [0.717, 1.165) is 0 Å². The molecule has 0 aromatic heterocycles. The zero-order valence-electron chi connectivity index (χ0n) is 9.98. The summed E-state index contributed by atoms with van der Waals surface area (Å²) in [6.07, 6.45) is 4.99. The van der Waals surface area contributed by atoms with Gasteiger partial charge in [-0.25, -0.2) is 0 Å². The number of fused-ring (bicyclic) bond motifs is 1. The van der Waals surface area contributed by atoms with E-state index in [1.165, 1.54) is 47.5 Å². The number of aryl methyl sites for hydroxylation is 1. The van der Waals surface area contributed by atoms with Crippen molar-refractivity contribution in [3.63, 3.8) is 0 Å². The Balaban J connectivity index is 1.80. The van der Waals surface area contributed by atoms with Crippen molar-refractivity contribution in [2.75, 3.05) is 12.4 Å². The molecular formula is C14H19NOS. The minimum Gasteiger partial charge on any atom is -0.394 e. The summed E-state index contributed by atoms with van der Waals surface area (Å²) in [5.74, 6) is 1.25. The average molecular weight is 249 g/mol. The maximum Gasteiger partial charge on any atom is 0.0626 e. The second-order valence-electron chi connectivity index (χ2n) is 5.00. The average Bonchev–Trinajstić information content (AvgIpc) is 3.19. The molecular weight excluding hydrogens is 230 g/mol. The van der Waals surface area contributed by atoms with Crippen molar-refractivity contribution in [3.8, 4) is 0 Å². The third kappa shape index (κ3) is 2.67. The first-order valence-corrected chi connectivity index (χ1v) is 7.48. The van der Waals surface area contributed by atoms with E-state index in [0.29, 0.717) is 6.04 Å². The van der Waals surface area contributed by atoms with E-state index in [4.69, 9.17) is 0 Å². The molecule has 0 spiro atoms. The lowest BCUT2D eigenvalue weighted by Gasteiger charge is -2.20. The quantitative estimate of drug-likeness (QED) is 0.860. The van der Waals surface area contributed by atoms with E-state index in [1.54, 1.807) is 0 Å². The van der Waals surface area contributed by atoms with E-state index in [2.05, 4.69) is 23.5 Å². The van der Waals surface area contributed by atoms with Crippen LogP contribution in [0.3, 0.4) is 0 Å². The maximum absolute atomic E-state index is 9.49. The van der Waals surface area contributed by atoms with Crippen molar-refractivity contribution in [1.29, 1.82) is 0 Å². The molecule has 1 aromatic rings. The fourth-order valence-electron chi connectivity index (χ4n) is 2.39. The Morgan fingerprint density at radius 1 is 1.41 bits per heavy atom. The van der Waals surface area contributed by atoms with Crippen LogP contribution in [0.15, 0.2) is 23.1 Å². The molecule has 0 amide bonds. The van der Waals surface area contributed by atoms with Crippen LogP contribution in [0.1, 0.15) is 36.4 Å². The van der Waals surface area contributed by atoms with Gasteiger partial charge in [0.1, 0.15) is 0 Å². The van der Waals surface area contributed by atoms with Crippen molar-refractivity contribution < 1.29 is 5.11 Å². The number of hydrogen-bond donors (Lipinski definition) is 2. The predicted molar refractivity (Wildman–Crippen MR) is 71.5 cm³/mol. The lowest BCUT2D eigenvalue weighted by molar-refractivity contribution is 0.243. The third-order valence-corrected chi connectivity index (χ3v) is 4.73. The number of aliphatic hydroxyl groups is 1. The van der Waals surface area contributed by atoms with Gasteiger partial charge in [-0.3, -0.25) is 0 Å². The Hall–Kier alpha value is -0.510. The first kappa shape index (κ1) is 11.6. The number of nitrogens with one attached hydrogen (secondary N) is 1. The van der Waals surface area contributed by atoms with Crippen LogP contribution in [0.4, 0.5) is 0 Å². The number of benzene rings is 1. The van der Waals surface area contributed by atoms with Gasteiger partial charge in [-0.15, -0.1) is 11.8 Å². The fraction of sp³-hybridized carbons (Fsp3) is 0.571. The lowest BCUT2D eigenvalue weighted by Crippen LogP contribution is -2.26. The monoisotopic (exact) mass is 249 g/mol. The van der Waals surface area contributed by atoms with Gasteiger partial charge in [0.2, 0.25) is 0 Å². The van der Waals surface area contributed by atoms with E-state index >= 15 is 0 Å². The van der Waals surface area contributed by atoms with Crippen molar-refractivity contribution in [3.05, 3.63) is 29.3 Å². The van der Waals surface area contributed by atoms with Crippen LogP contribution < -0.4 is 5.32 Å². The molecule has 0 bridgehead atoms. The van der Waals surface area contributed by atoms with E-state index < -0.39 is 0 Å². The van der Waals surface area contributed by atoms with Gasteiger partial charge in [0.15, 0.2) is 0 Å². The molecule has 3 heteroatoms. The van der Waals surface area contributed by atoms with Gasteiger partial charge in [-0.2, -0.15) is 0 Å². The molecule has 1 fully saturated rings. The molecule has 0 radical (unpaired) electrons. The second kappa shape index (κ2) is 5.01. The topological polar surface area (TPSA) is 32.3 Å². The molecule has 1 atom stereocenters. The number of aliphatic hydroxyl groups excluding tert-OH is 1. The summed E-state index contributed by atoms with van der Waals surface area (Å²) in [7, 11) is 0. The highest BCUT2D eigenvalue weighted by Gasteiger charge is 2.25. The summed E-state index contributed by atoms with van der Waals surface area (Å²) in [6, 6.07) is 7.45. The summed E-state index contributed by atoms with van der Waals surface area (Å²) in [6.45, 7) is 0.197. The van der Waals surface area contributed by atoms with Crippen molar-refractivity contribution in [2.24, 2.45) is 0 Å². The summed E-state index contributed by atoms with van der Waals surface area (Å²) >= 11 is 1.96. The maximum atomic E-state index is 9.49. The van der Waals surface area contributed by atoms with E-state index in [9.17, 15) is 5.11 Å². The summed E-state index contributed by atoms with van der Waals surface area (Å²) in [4.78, 5) is 1.43. The zero-order valence-corrected chi connectivity index (χ0v) is 10.8. The van der Waals surface area contributed by atoms with Crippen molar-refractivity contribution >= 4 is 11.8 Å². The van der Waals surface area contributed by atoms with Crippen LogP contribution in [0.5, 0.6) is 0 Å². The van der Waals surface area contributed by atoms with Crippen LogP contribution in [0, 0.1) is 0 Å². The molecule has 0 saturated heterocycles. The Kier molecular flexibility index (Phi) is 3.41. The van der Waals surface area contributed by atoms with Gasteiger partial charge in [0.25, 0.3) is 0 Å². The molecule has 1 aromatic carbocycles. The third-order valence-electron chi connectivity index (χ3n) is 3.53. The molecule has 17 heavy (non-hydrogen) atoms. The van der Waals surface area contributed by atoms with Crippen molar-refractivity contribution in [2.45, 2.75) is 42.7 Å². The molecule has 2 N–H and O–H groups in total. The molecule has 92 valence electrons. The smallest absolute Gasteiger partial charge is 0.0626 e. The standard InChI is InChI=1S/C14H19NOS/c16-9-13(15-12-4-5-12)10-3-6-14-11(8-10)2-1-7-17-14/h3,6,8,12-13,15-16H,1-2,4-5,7,9H2. The minimum absolute atomic E-state index is 0.125. The van der Waals surface area contributed by atoms with E-state index in [1.807, 2.05) is 11.8 Å². The van der Waals surface area contributed by atoms with Crippen LogP contribution in [0.2, 0.25) is 0 Å². The Labute approximate surface area is 107 Å².